The number of aliphatic hydroxyl groups is 1. The van der Waals surface area contributed by atoms with Crippen LogP contribution in [0.4, 0.5) is 13.2 Å². The van der Waals surface area contributed by atoms with Gasteiger partial charge in [-0.2, -0.15) is 13.2 Å². The van der Waals surface area contributed by atoms with Crippen LogP contribution in [0.2, 0.25) is 0 Å². The first-order chi connectivity index (χ1) is 4.34. The number of hydrogen-bond donors (Lipinski definition) is 2. The van der Waals surface area contributed by atoms with Crippen LogP contribution in [-0.2, 0) is 9.09 Å². The predicted octanol–water partition coefficient (Wildman–Crippen LogP) is 0.266. The Bertz CT molecular complexity index is 133. The second-order valence-electron chi connectivity index (χ2n) is 1.28. The zero-order chi connectivity index (χ0) is 8.36. The monoisotopic (exact) mass is 180 g/mol. The lowest BCUT2D eigenvalue weighted by Gasteiger charge is -2.11. The van der Waals surface area contributed by atoms with Gasteiger partial charge in [-0.3, -0.25) is 9.09 Å². The first-order valence-electron chi connectivity index (χ1n) is 1.98. The summed E-state index contributed by atoms with van der Waals surface area (Å²) in [5.74, 6) is 0. The van der Waals surface area contributed by atoms with Crippen LogP contribution >= 0.6 is 8.25 Å². The number of halogens is 3. The number of rotatable bonds is 2. The molecular formula is C2H4F3O4P. The van der Waals surface area contributed by atoms with Crippen molar-refractivity contribution in [3.05, 3.63) is 0 Å². The van der Waals surface area contributed by atoms with Crippen LogP contribution in [-0.4, -0.2) is 22.5 Å². The van der Waals surface area contributed by atoms with E-state index < -0.39 is 20.7 Å². The number of alkyl halides is 3. The van der Waals surface area contributed by atoms with E-state index in [2.05, 4.69) is 4.52 Å². The van der Waals surface area contributed by atoms with Crippen molar-refractivity contribution < 1.29 is 32.3 Å². The molecule has 0 aromatic heterocycles. The van der Waals surface area contributed by atoms with Gasteiger partial charge in [-0.1, -0.05) is 0 Å². The molecular weight excluding hydrogens is 176 g/mol. The molecule has 0 fully saturated rings. The van der Waals surface area contributed by atoms with Crippen LogP contribution in [0.3, 0.4) is 0 Å². The van der Waals surface area contributed by atoms with Gasteiger partial charge in [0.1, 0.15) is 0 Å². The van der Waals surface area contributed by atoms with E-state index in [-0.39, 0.29) is 0 Å². The van der Waals surface area contributed by atoms with Crippen LogP contribution in [0.1, 0.15) is 0 Å². The minimum Gasteiger partial charge on any atom is -0.361 e. The van der Waals surface area contributed by atoms with E-state index in [1.54, 1.807) is 0 Å². The highest BCUT2D eigenvalue weighted by molar-refractivity contribution is 7.32. The molecule has 0 heterocycles. The van der Waals surface area contributed by atoms with Gasteiger partial charge in [0.25, 0.3) is 6.29 Å². The molecule has 8 heteroatoms. The van der Waals surface area contributed by atoms with E-state index in [1.165, 1.54) is 0 Å². The summed E-state index contributed by atoms with van der Waals surface area (Å²) in [7, 11) is -3.74. The van der Waals surface area contributed by atoms with Gasteiger partial charge in [0.15, 0.2) is 0 Å². The summed E-state index contributed by atoms with van der Waals surface area (Å²) in [6.07, 6.45) is -8.19. The minimum absolute atomic E-state index is 3.15. The normalized spacial score (nSPS) is 18.5. The molecule has 0 rings (SSSR count). The van der Waals surface area contributed by atoms with E-state index in [0.717, 1.165) is 0 Å². The maximum absolute atomic E-state index is 11.2. The van der Waals surface area contributed by atoms with Gasteiger partial charge in [0, 0.05) is 0 Å². The first-order valence-corrected chi connectivity index (χ1v) is 3.25. The highest BCUT2D eigenvalue weighted by Crippen LogP contribution is 2.27. The molecule has 0 amide bonds. The lowest BCUT2D eigenvalue weighted by molar-refractivity contribution is -0.265. The molecule has 0 aliphatic heterocycles. The van der Waals surface area contributed by atoms with Gasteiger partial charge < -0.3 is 10.00 Å². The average Bonchev–Trinajstić information content (AvgIpc) is 1.60. The molecule has 10 heavy (non-hydrogen) atoms. The maximum Gasteiger partial charge on any atom is 0.440 e. The third-order valence-corrected chi connectivity index (χ3v) is 0.917. The van der Waals surface area contributed by atoms with Gasteiger partial charge in [-0.25, -0.2) is 0 Å². The van der Waals surface area contributed by atoms with Crippen molar-refractivity contribution in [3.8, 4) is 0 Å². The number of aliphatic hydroxyl groups excluding tert-OH is 1. The molecule has 0 bridgehead atoms. The molecule has 0 radical (unpaired) electrons. The summed E-state index contributed by atoms with van der Waals surface area (Å²) in [6.45, 7) is 0. The van der Waals surface area contributed by atoms with E-state index in [0.29, 0.717) is 0 Å². The predicted molar refractivity (Wildman–Crippen MR) is 24.4 cm³/mol. The zero-order valence-corrected chi connectivity index (χ0v) is 5.42. The molecule has 0 saturated heterocycles. The topological polar surface area (TPSA) is 66.8 Å². The van der Waals surface area contributed by atoms with Gasteiger partial charge in [-0.05, 0) is 0 Å². The molecule has 0 aromatic carbocycles. The van der Waals surface area contributed by atoms with E-state index >= 15 is 0 Å². The number of hydrogen-bond acceptors (Lipinski definition) is 3. The van der Waals surface area contributed by atoms with Crippen LogP contribution in [0.15, 0.2) is 0 Å². The molecule has 2 atom stereocenters. The summed E-state index contributed by atoms with van der Waals surface area (Å²) in [5, 5.41) is 7.87. The fourth-order valence-electron chi connectivity index (χ4n) is 0.162. The van der Waals surface area contributed by atoms with Crippen LogP contribution < -0.4 is 0 Å². The quantitative estimate of drug-likeness (QED) is 0.472. The summed E-state index contributed by atoms with van der Waals surface area (Å²) in [6, 6.07) is 0. The third-order valence-electron chi connectivity index (χ3n) is 0.492. The molecule has 2 unspecified atom stereocenters. The van der Waals surface area contributed by atoms with Crippen molar-refractivity contribution in [1.29, 1.82) is 0 Å². The summed E-state index contributed by atoms with van der Waals surface area (Å²) >= 11 is 0. The molecule has 0 aromatic rings. The highest BCUT2D eigenvalue weighted by Gasteiger charge is 2.40. The second kappa shape index (κ2) is 3.34. The Labute approximate surface area is 54.2 Å². The second-order valence-corrected chi connectivity index (χ2v) is 2.05. The molecule has 0 aliphatic rings. The Morgan fingerprint density at radius 1 is 1.50 bits per heavy atom. The molecule has 2 N–H and O–H groups in total. The van der Waals surface area contributed by atoms with Crippen molar-refractivity contribution in [1.82, 2.24) is 0 Å². The smallest absolute Gasteiger partial charge is 0.361 e. The van der Waals surface area contributed by atoms with Crippen molar-refractivity contribution in [2.45, 2.75) is 12.5 Å². The largest absolute Gasteiger partial charge is 0.440 e. The summed E-state index contributed by atoms with van der Waals surface area (Å²) in [4.78, 5) is 7.75. The zero-order valence-electron chi connectivity index (χ0n) is 4.42. The standard InChI is InChI=1S/C2H4F3O4P/c3-2(4,5)1(6)9-10(7)8/h1,6,10H,(H,7,8). The molecule has 4 nitrogen and oxygen atoms in total. The van der Waals surface area contributed by atoms with Gasteiger partial charge in [0.05, 0.1) is 0 Å². The Balaban J connectivity index is 3.85. The molecule has 0 aliphatic carbocycles. The van der Waals surface area contributed by atoms with Crippen LogP contribution in [0.25, 0.3) is 0 Å². The Hall–Kier alpha value is -0.100. The lowest BCUT2D eigenvalue weighted by Crippen LogP contribution is -2.29. The molecule has 0 saturated carbocycles. The average molecular weight is 180 g/mol. The van der Waals surface area contributed by atoms with E-state index in [4.69, 9.17) is 10.00 Å². The maximum atomic E-state index is 11.2. The van der Waals surface area contributed by atoms with Crippen LogP contribution in [0, 0.1) is 0 Å². The minimum atomic E-state index is -5.01. The fraction of sp³-hybridized carbons (Fsp3) is 1.00. The Kier molecular flexibility index (Phi) is 3.30. The van der Waals surface area contributed by atoms with Gasteiger partial charge >= 0.3 is 14.4 Å². The van der Waals surface area contributed by atoms with Crippen molar-refractivity contribution >= 4 is 8.25 Å². The summed E-state index contributed by atoms with van der Waals surface area (Å²) < 4.78 is 46.3. The third kappa shape index (κ3) is 3.84. The van der Waals surface area contributed by atoms with Gasteiger partial charge in [-0.15, -0.1) is 0 Å². The van der Waals surface area contributed by atoms with Crippen molar-refractivity contribution in [2.75, 3.05) is 0 Å². The first kappa shape index (κ1) is 9.90. The molecule has 62 valence electrons. The lowest BCUT2D eigenvalue weighted by atomic mass is 10.6. The summed E-state index contributed by atoms with van der Waals surface area (Å²) in [5.41, 5.74) is 0. The Morgan fingerprint density at radius 3 is 2.00 bits per heavy atom. The van der Waals surface area contributed by atoms with E-state index in [1.807, 2.05) is 0 Å². The van der Waals surface area contributed by atoms with Gasteiger partial charge in [0.2, 0.25) is 0 Å². The fourth-order valence-corrected chi connectivity index (χ4v) is 0.487. The SMILES string of the molecule is O=[PH](O)OC(O)C(F)(F)F. The Morgan fingerprint density at radius 2 is 1.90 bits per heavy atom. The van der Waals surface area contributed by atoms with Crippen molar-refractivity contribution in [2.24, 2.45) is 0 Å². The molecule has 0 spiro atoms. The highest BCUT2D eigenvalue weighted by atomic mass is 31.1. The van der Waals surface area contributed by atoms with E-state index in [9.17, 15) is 17.7 Å². The van der Waals surface area contributed by atoms with Crippen molar-refractivity contribution in [3.63, 3.8) is 0 Å². The van der Waals surface area contributed by atoms with Crippen LogP contribution in [0.5, 0.6) is 0 Å².